The van der Waals surface area contributed by atoms with Crippen LogP contribution >= 0.6 is 0 Å². The van der Waals surface area contributed by atoms with Gasteiger partial charge in [-0.1, -0.05) is 51.2 Å². The molecule has 0 aliphatic heterocycles. The third kappa shape index (κ3) is 9.12. The normalized spacial score (nSPS) is 17.9. The van der Waals surface area contributed by atoms with Crippen molar-refractivity contribution in [2.45, 2.75) is 77.4 Å². The topological polar surface area (TPSA) is 105 Å². The molecule has 6 nitrogen and oxygen atoms in total. The van der Waals surface area contributed by atoms with Crippen LogP contribution < -0.4 is 11.5 Å². The van der Waals surface area contributed by atoms with Crippen LogP contribution in [0.15, 0.2) is 48.5 Å². The lowest BCUT2D eigenvalue weighted by Gasteiger charge is -2.28. The molecule has 0 saturated heterocycles. The highest BCUT2D eigenvalue weighted by Gasteiger charge is 2.24. The first-order chi connectivity index (χ1) is 16.9. The Balaban J connectivity index is 1.40. The molecular formula is C29H38N2O4. The van der Waals surface area contributed by atoms with Gasteiger partial charge in [-0.15, -0.1) is 0 Å². The number of esters is 2. The monoisotopic (exact) mass is 478 g/mol. The number of unbranched alkanes of at least 4 members (excludes halogenated alkanes) is 3. The first kappa shape index (κ1) is 26.3. The Kier molecular flexibility index (Phi) is 10.2. The van der Waals surface area contributed by atoms with Crippen LogP contribution in [0.5, 0.6) is 0 Å². The number of hydrogen-bond donors (Lipinski definition) is 2. The molecule has 4 N–H and O–H groups in total. The van der Waals surface area contributed by atoms with Crippen molar-refractivity contribution in [2.75, 3.05) is 11.5 Å². The summed E-state index contributed by atoms with van der Waals surface area (Å²) in [6.07, 6.45) is 13.8. The zero-order valence-corrected chi connectivity index (χ0v) is 20.7. The van der Waals surface area contributed by atoms with E-state index in [-0.39, 0.29) is 18.7 Å². The lowest BCUT2D eigenvalue weighted by Crippen LogP contribution is -2.24. The fourth-order valence-corrected chi connectivity index (χ4v) is 4.54. The smallest absolute Gasteiger partial charge is 0.338 e. The molecule has 3 rings (SSSR count). The molecule has 1 aliphatic carbocycles. The van der Waals surface area contributed by atoms with Gasteiger partial charge >= 0.3 is 11.9 Å². The van der Waals surface area contributed by atoms with Crippen LogP contribution in [0.3, 0.4) is 0 Å². The second-order valence-electron chi connectivity index (χ2n) is 9.47. The minimum Gasteiger partial charge on any atom is -0.459 e. The van der Waals surface area contributed by atoms with E-state index in [1.165, 1.54) is 38.2 Å². The highest BCUT2D eigenvalue weighted by Crippen LogP contribution is 2.30. The summed E-state index contributed by atoms with van der Waals surface area (Å²) in [6, 6.07) is 12.1. The fourth-order valence-electron chi connectivity index (χ4n) is 4.54. The van der Waals surface area contributed by atoms with Crippen LogP contribution in [-0.2, 0) is 20.9 Å². The Morgan fingerprint density at radius 2 is 1.63 bits per heavy atom. The van der Waals surface area contributed by atoms with E-state index in [9.17, 15) is 9.59 Å². The molecule has 2 aromatic carbocycles. The average molecular weight is 479 g/mol. The molecule has 0 heterocycles. The van der Waals surface area contributed by atoms with Gasteiger partial charge in [0.1, 0.15) is 12.7 Å². The Bertz CT molecular complexity index is 972. The Labute approximate surface area is 208 Å². The molecule has 0 spiro atoms. The minimum atomic E-state index is -0.476. The van der Waals surface area contributed by atoms with Gasteiger partial charge in [-0.05, 0) is 79.1 Å². The highest BCUT2D eigenvalue weighted by atomic mass is 16.5. The number of carbonyl (C=O) groups excluding carboxylic acids is 2. The van der Waals surface area contributed by atoms with Gasteiger partial charge in [0, 0.05) is 17.5 Å². The summed E-state index contributed by atoms with van der Waals surface area (Å²) in [7, 11) is 0. The largest absolute Gasteiger partial charge is 0.459 e. The van der Waals surface area contributed by atoms with Crippen LogP contribution in [0.25, 0.3) is 6.08 Å². The number of carbonyl (C=O) groups is 2. The predicted molar refractivity (Wildman–Crippen MR) is 140 cm³/mol. The summed E-state index contributed by atoms with van der Waals surface area (Å²) in [5, 5.41) is 0. The van der Waals surface area contributed by atoms with E-state index in [0.29, 0.717) is 16.9 Å². The van der Waals surface area contributed by atoms with Gasteiger partial charge in [-0.25, -0.2) is 9.59 Å². The van der Waals surface area contributed by atoms with Crippen molar-refractivity contribution < 1.29 is 19.1 Å². The van der Waals surface area contributed by atoms with Gasteiger partial charge in [-0.2, -0.15) is 0 Å². The third-order valence-electron chi connectivity index (χ3n) is 6.51. The fraction of sp³-hybridized carbons (Fsp3) is 0.448. The van der Waals surface area contributed by atoms with Crippen molar-refractivity contribution in [3.8, 4) is 0 Å². The second-order valence-corrected chi connectivity index (χ2v) is 9.47. The zero-order valence-electron chi connectivity index (χ0n) is 20.7. The molecular weight excluding hydrogens is 440 g/mol. The van der Waals surface area contributed by atoms with E-state index in [1.807, 2.05) is 0 Å². The lowest BCUT2D eigenvalue weighted by atomic mass is 9.84. The predicted octanol–water partition coefficient (Wildman–Crippen LogP) is 6.29. The van der Waals surface area contributed by atoms with Gasteiger partial charge in [0.2, 0.25) is 0 Å². The minimum absolute atomic E-state index is 0.0130. The first-order valence-corrected chi connectivity index (χ1v) is 12.7. The molecule has 0 atom stereocenters. The SMILES string of the molecule is CCCCCCC1CCC(OC(=O)c2ccc(C=CC(=O)OCc3cc(N)cc(N)c3)cc2)CC1. The van der Waals surface area contributed by atoms with Crippen molar-refractivity contribution in [3.63, 3.8) is 0 Å². The second kappa shape index (κ2) is 13.6. The van der Waals surface area contributed by atoms with Gasteiger partial charge in [0.05, 0.1) is 5.56 Å². The number of ether oxygens (including phenoxy) is 2. The van der Waals surface area contributed by atoms with Crippen LogP contribution in [0.2, 0.25) is 0 Å². The Hall–Kier alpha value is -3.28. The Morgan fingerprint density at radius 1 is 0.943 bits per heavy atom. The van der Waals surface area contributed by atoms with E-state index < -0.39 is 5.97 Å². The molecule has 2 aromatic rings. The molecule has 35 heavy (non-hydrogen) atoms. The van der Waals surface area contributed by atoms with Crippen molar-refractivity contribution >= 4 is 29.4 Å². The molecule has 1 aliphatic rings. The maximum absolute atomic E-state index is 12.6. The summed E-state index contributed by atoms with van der Waals surface area (Å²) in [6.45, 7) is 2.33. The standard InChI is InChI=1S/C29H38N2O4/c1-2-3-4-5-6-21-9-14-27(15-10-21)35-29(33)24-12-7-22(8-13-24)11-16-28(32)34-20-23-17-25(30)19-26(31)18-23/h7-8,11-13,16-19,21,27H,2-6,9-10,14-15,20,30-31H2,1H3. The number of rotatable bonds is 11. The first-order valence-electron chi connectivity index (χ1n) is 12.7. The van der Waals surface area contributed by atoms with Gasteiger partial charge in [0.25, 0.3) is 0 Å². The van der Waals surface area contributed by atoms with Crippen LogP contribution in [-0.4, -0.2) is 18.0 Å². The molecule has 6 heteroatoms. The summed E-state index contributed by atoms with van der Waals surface area (Å²) >= 11 is 0. The van der Waals surface area contributed by atoms with Gasteiger partial charge < -0.3 is 20.9 Å². The van der Waals surface area contributed by atoms with E-state index in [4.69, 9.17) is 20.9 Å². The van der Waals surface area contributed by atoms with Crippen LogP contribution in [0.4, 0.5) is 11.4 Å². The molecule has 1 fully saturated rings. The number of nitrogen functional groups attached to an aromatic ring is 2. The van der Waals surface area contributed by atoms with Crippen LogP contribution in [0.1, 0.15) is 86.2 Å². The molecule has 0 radical (unpaired) electrons. The molecule has 0 unspecified atom stereocenters. The van der Waals surface area contributed by atoms with Gasteiger partial charge in [0.15, 0.2) is 0 Å². The van der Waals surface area contributed by atoms with E-state index >= 15 is 0 Å². The quantitative estimate of drug-likeness (QED) is 0.170. The number of benzene rings is 2. The highest BCUT2D eigenvalue weighted by molar-refractivity contribution is 5.90. The van der Waals surface area contributed by atoms with Crippen molar-refractivity contribution in [3.05, 3.63) is 65.2 Å². The lowest BCUT2D eigenvalue weighted by molar-refractivity contribution is -0.138. The van der Waals surface area contributed by atoms with E-state index in [0.717, 1.165) is 42.7 Å². The maximum atomic E-state index is 12.6. The Morgan fingerprint density at radius 3 is 2.29 bits per heavy atom. The van der Waals surface area contributed by atoms with Crippen LogP contribution in [0, 0.1) is 5.92 Å². The summed E-state index contributed by atoms with van der Waals surface area (Å²) < 4.78 is 11.0. The van der Waals surface area contributed by atoms with Crippen molar-refractivity contribution in [1.29, 1.82) is 0 Å². The number of hydrogen-bond acceptors (Lipinski definition) is 6. The number of nitrogens with two attached hydrogens (primary N) is 2. The van der Waals surface area contributed by atoms with Gasteiger partial charge in [-0.3, -0.25) is 0 Å². The zero-order chi connectivity index (χ0) is 25.0. The molecule has 0 aromatic heterocycles. The summed E-state index contributed by atoms with van der Waals surface area (Å²) in [5.74, 6) is 0.0201. The average Bonchev–Trinajstić information content (AvgIpc) is 2.85. The molecule has 188 valence electrons. The number of anilines is 2. The third-order valence-corrected chi connectivity index (χ3v) is 6.51. The summed E-state index contributed by atoms with van der Waals surface area (Å²) in [5.41, 5.74) is 14.6. The van der Waals surface area contributed by atoms with Crippen molar-refractivity contribution in [2.24, 2.45) is 5.92 Å². The van der Waals surface area contributed by atoms with E-state index in [2.05, 4.69) is 6.92 Å². The molecule has 0 amide bonds. The molecule has 1 saturated carbocycles. The van der Waals surface area contributed by atoms with Crippen molar-refractivity contribution in [1.82, 2.24) is 0 Å². The molecule has 0 bridgehead atoms. The van der Waals surface area contributed by atoms with E-state index in [1.54, 1.807) is 48.5 Å². The maximum Gasteiger partial charge on any atom is 0.338 e. The summed E-state index contributed by atoms with van der Waals surface area (Å²) in [4.78, 5) is 24.6.